The first-order valence-corrected chi connectivity index (χ1v) is 12.0. The van der Waals surface area contributed by atoms with E-state index < -0.39 is 24.0 Å². The van der Waals surface area contributed by atoms with Crippen LogP contribution >= 0.6 is 22.6 Å². The number of rotatable bonds is 8. The predicted molar refractivity (Wildman–Crippen MR) is 138 cm³/mol. The second-order valence-electron chi connectivity index (χ2n) is 8.06. The van der Waals surface area contributed by atoms with E-state index in [4.69, 9.17) is 9.84 Å². The average Bonchev–Trinajstić information content (AvgIpc) is 3.15. The van der Waals surface area contributed by atoms with Gasteiger partial charge in [0.25, 0.3) is 5.91 Å². The lowest BCUT2D eigenvalue weighted by Crippen LogP contribution is -2.41. The fourth-order valence-electron chi connectivity index (χ4n) is 4.17. The second-order valence-corrected chi connectivity index (χ2v) is 9.30. The molecular formula is C26H23IN2O6. The molecule has 1 aliphatic rings. The number of nitrogens with one attached hydrogen (secondary N) is 2. The fourth-order valence-corrected chi connectivity index (χ4v) is 4.84. The van der Waals surface area contributed by atoms with Gasteiger partial charge in [-0.25, -0.2) is 9.59 Å². The molecule has 0 aromatic heterocycles. The van der Waals surface area contributed by atoms with Gasteiger partial charge in [-0.15, -0.1) is 0 Å². The molecule has 0 saturated carbocycles. The van der Waals surface area contributed by atoms with Crippen LogP contribution < -0.4 is 10.6 Å². The van der Waals surface area contributed by atoms with E-state index in [1.165, 1.54) is 6.07 Å². The number of aliphatic hydroxyl groups is 1. The second kappa shape index (κ2) is 10.9. The molecule has 9 heteroatoms. The van der Waals surface area contributed by atoms with Crippen LogP contribution in [0.2, 0.25) is 0 Å². The van der Waals surface area contributed by atoms with Crippen molar-refractivity contribution < 1.29 is 29.3 Å². The van der Waals surface area contributed by atoms with Gasteiger partial charge in [-0.05, 0) is 63.0 Å². The molecule has 8 nitrogen and oxygen atoms in total. The third-order valence-electron chi connectivity index (χ3n) is 5.77. The van der Waals surface area contributed by atoms with Crippen LogP contribution in [0.1, 0.15) is 33.8 Å². The Morgan fingerprint density at radius 3 is 2.20 bits per heavy atom. The molecule has 0 unspecified atom stereocenters. The normalized spacial score (nSPS) is 12.9. The first kappa shape index (κ1) is 24.7. The molecule has 3 aromatic carbocycles. The summed E-state index contributed by atoms with van der Waals surface area (Å²) in [6.45, 7) is -0.225. The number of carboxylic acids is 1. The lowest BCUT2D eigenvalue weighted by molar-refractivity contribution is -0.139. The zero-order valence-electron chi connectivity index (χ0n) is 18.5. The zero-order chi connectivity index (χ0) is 24.9. The van der Waals surface area contributed by atoms with Crippen molar-refractivity contribution in [2.75, 3.05) is 18.5 Å². The van der Waals surface area contributed by atoms with Crippen LogP contribution in [0.5, 0.6) is 0 Å². The largest absolute Gasteiger partial charge is 0.480 e. The van der Waals surface area contributed by atoms with Gasteiger partial charge in [0.05, 0.1) is 0 Å². The van der Waals surface area contributed by atoms with Crippen LogP contribution in [0, 0.1) is 3.57 Å². The van der Waals surface area contributed by atoms with Crippen molar-refractivity contribution in [1.82, 2.24) is 5.32 Å². The Hall–Kier alpha value is -3.44. The number of amides is 2. The van der Waals surface area contributed by atoms with Crippen LogP contribution in [-0.2, 0) is 9.53 Å². The minimum absolute atomic E-state index is 0.0788. The van der Waals surface area contributed by atoms with Crippen molar-refractivity contribution in [2.24, 2.45) is 0 Å². The number of aliphatic hydroxyl groups excluding tert-OH is 1. The first-order valence-electron chi connectivity index (χ1n) is 10.9. The molecule has 0 fully saturated rings. The molecule has 35 heavy (non-hydrogen) atoms. The minimum atomic E-state index is -1.24. The van der Waals surface area contributed by atoms with E-state index in [1.54, 1.807) is 12.1 Å². The molecule has 2 amide bonds. The molecule has 0 heterocycles. The Labute approximate surface area is 215 Å². The van der Waals surface area contributed by atoms with Crippen LogP contribution in [0.15, 0.2) is 66.7 Å². The van der Waals surface area contributed by atoms with Gasteiger partial charge >= 0.3 is 12.1 Å². The topological polar surface area (TPSA) is 125 Å². The number of ether oxygens (including phenoxy) is 1. The van der Waals surface area contributed by atoms with Crippen molar-refractivity contribution in [3.05, 3.63) is 87.0 Å². The third-order valence-corrected chi connectivity index (χ3v) is 6.39. The lowest BCUT2D eigenvalue weighted by Gasteiger charge is -2.16. The Kier molecular flexibility index (Phi) is 7.67. The van der Waals surface area contributed by atoms with Gasteiger partial charge in [0.2, 0.25) is 0 Å². The number of fused-ring (bicyclic) bond motifs is 3. The molecule has 180 valence electrons. The van der Waals surface area contributed by atoms with Gasteiger partial charge in [0.1, 0.15) is 12.6 Å². The Morgan fingerprint density at radius 1 is 0.971 bits per heavy atom. The fraction of sp³-hybridized carbons (Fsp3) is 0.192. The van der Waals surface area contributed by atoms with Crippen molar-refractivity contribution in [2.45, 2.75) is 18.4 Å². The standard InChI is InChI=1S/C26H23IN2O6/c27-16-11-15(24(31)29-23(9-10-30)25(32)33)12-17(13-16)28-26(34)35-14-22-20-7-3-1-5-18(20)19-6-2-4-8-21(19)22/h1-8,11-13,22-23,30H,9-10,14H2,(H,28,34)(H,29,31)(H,32,33)/t23-/m1/s1. The summed E-state index contributed by atoms with van der Waals surface area (Å²) in [4.78, 5) is 36.4. The number of carboxylic acid groups (broad SMARTS) is 1. The first-order chi connectivity index (χ1) is 16.9. The lowest BCUT2D eigenvalue weighted by atomic mass is 9.98. The highest BCUT2D eigenvalue weighted by Gasteiger charge is 2.29. The molecule has 0 saturated heterocycles. The van der Waals surface area contributed by atoms with Crippen molar-refractivity contribution >= 4 is 46.2 Å². The van der Waals surface area contributed by atoms with Crippen LogP contribution in [-0.4, -0.2) is 47.4 Å². The van der Waals surface area contributed by atoms with Gasteiger partial charge in [-0.3, -0.25) is 10.1 Å². The number of hydrogen-bond donors (Lipinski definition) is 4. The van der Waals surface area contributed by atoms with E-state index in [9.17, 15) is 19.5 Å². The predicted octanol–water partition coefficient (Wildman–Crippen LogP) is 4.22. The molecule has 0 aliphatic heterocycles. The molecule has 1 aliphatic carbocycles. The maximum absolute atomic E-state index is 12.6. The molecule has 4 N–H and O–H groups in total. The van der Waals surface area contributed by atoms with E-state index in [1.807, 2.05) is 59.0 Å². The van der Waals surface area contributed by atoms with Gasteiger partial charge in [-0.1, -0.05) is 48.5 Å². The van der Waals surface area contributed by atoms with Crippen LogP contribution in [0.3, 0.4) is 0 Å². The van der Waals surface area contributed by atoms with E-state index in [0.29, 0.717) is 9.26 Å². The smallest absolute Gasteiger partial charge is 0.411 e. The summed E-state index contributed by atoms with van der Waals surface area (Å²) in [5, 5.41) is 23.2. The highest BCUT2D eigenvalue weighted by molar-refractivity contribution is 14.1. The van der Waals surface area contributed by atoms with Gasteiger partial charge < -0.3 is 20.3 Å². The summed E-state index contributed by atoms with van der Waals surface area (Å²) in [5.74, 6) is -1.94. The summed E-state index contributed by atoms with van der Waals surface area (Å²) < 4.78 is 6.22. The van der Waals surface area contributed by atoms with Crippen molar-refractivity contribution in [3.63, 3.8) is 0 Å². The molecule has 1 atom stereocenters. The molecule has 4 rings (SSSR count). The Bertz CT molecular complexity index is 1230. The maximum Gasteiger partial charge on any atom is 0.411 e. The number of anilines is 1. The minimum Gasteiger partial charge on any atom is -0.480 e. The Balaban J connectivity index is 1.43. The molecular weight excluding hydrogens is 563 g/mol. The molecule has 0 radical (unpaired) electrons. The summed E-state index contributed by atoms with van der Waals surface area (Å²) >= 11 is 2.00. The van der Waals surface area contributed by atoms with Gasteiger partial charge in [0.15, 0.2) is 0 Å². The summed E-state index contributed by atoms with van der Waals surface area (Å²) in [7, 11) is 0. The molecule has 3 aromatic rings. The summed E-state index contributed by atoms with van der Waals surface area (Å²) in [6, 6.07) is 19.5. The highest BCUT2D eigenvalue weighted by Crippen LogP contribution is 2.44. The van der Waals surface area contributed by atoms with Crippen molar-refractivity contribution in [3.8, 4) is 11.1 Å². The SMILES string of the molecule is O=C(Nc1cc(I)cc(C(=O)N[C@H](CCO)C(=O)O)c1)OCC1c2ccccc2-c2ccccc21. The number of carbonyl (C=O) groups excluding carboxylic acids is 2. The zero-order valence-corrected chi connectivity index (χ0v) is 20.7. The quantitative estimate of drug-likeness (QED) is 0.293. The number of benzene rings is 3. The third kappa shape index (κ3) is 5.63. The average molecular weight is 586 g/mol. The highest BCUT2D eigenvalue weighted by atomic mass is 127. The van der Waals surface area contributed by atoms with Crippen LogP contribution in [0.25, 0.3) is 11.1 Å². The number of halogens is 1. The monoisotopic (exact) mass is 586 g/mol. The molecule has 0 spiro atoms. The Morgan fingerprint density at radius 2 is 1.60 bits per heavy atom. The number of hydrogen-bond acceptors (Lipinski definition) is 5. The van der Waals surface area contributed by atoms with E-state index >= 15 is 0 Å². The van der Waals surface area contributed by atoms with Crippen LogP contribution in [0.4, 0.5) is 10.5 Å². The molecule has 0 bridgehead atoms. The van der Waals surface area contributed by atoms with Gasteiger partial charge in [0, 0.05) is 33.8 Å². The van der Waals surface area contributed by atoms with Crippen molar-refractivity contribution in [1.29, 1.82) is 0 Å². The van der Waals surface area contributed by atoms with E-state index in [2.05, 4.69) is 22.8 Å². The number of carbonyl (C=O) groups is 3. The van der Waals surface area contributed by atoms with Gasteiger partial charge in [-0.2, -0.15) is 0 Å². The number of aliphatic carboxylic acids is 1. The summed E-state index contributed by atoms with van der Waals surface area (Å²) in [5.41, 5.74) is 4.98. The maximum atomic E-state index is 12.6. The summed E-state index contributed by atoms with van der Waals surface area (Å²) in [6.07, 6.45) is -0.778. The van der Waals surface area contributed by atoms with E-state index in [-0.39, 0.29) is 31.1 Å². The van der Waals surface area contributed by atoms with E-state index in [0.717, 1.165) is 22.3 Å².